The molecule has 11 nitrogen and oxygen atoms in total. The zero-order chi connectivity index (χ0) is 36.1. The number of hydrogen-bond donors (Lipinski definition) is 1. The van der Waals surface area contributed by atoms with E-state index in [4.69, 9.17) is 28.7 Å². The normalized spacial score (nSPS) is 18.3. The predicted octanol–water partition coefficient (Wildman–Crippen LogP) is 7.08. The molecule has 2 atom stereocenters. The van der Waals surface area contributed by atoms with Gasteiger partial charge in [-0.3, -0.25) is 4.98 Å². The number of pyridine rings is 3. The van der Waals surface area contributed by atoms with E-state index in [2.05, 4.69) is 21.4 Å². The van der Waals surface area contributed by atoms with Crippen LogP contribution >= 0.6 is 12.4 Å². The lowest BCUT2D eigenvalue weighted by Crippen LogP contribution is -2.36. The Morgan fingerprint density at radius 1 is 0.904 bits per heavy atom. The minimum absolute atomic E-state index is 0. The molecule has 1 amide bonds. The van der Waals surface area contributed by atoms with Crippen molar-refractivity contribution in [1.82, 2.24) is 25.2 Å². The highest BCUT2D eigenvalue weighted by Gasteiger charge is 2.30. The van der Waals surface area contributed by atoms with E-state index < -0.39 is 5.60 Å². The van der Waals surface area contributed by atoms with Crippen LogP contribution in [0.1, 0.15) is 94.8 Å². The third-order valence-corrected chi connectivity index (χ3v) is 9.53. The highest BCUT2D eigenvalue weighted by molar-refractivity contribution is 5.85. The number of hydrogen-bond acceptors (Lipinski definition) is 10. The van der Waals surface area contributed by atoms with Gasteiger partial charge in [-0.05, 0) is 116 Å². The molecular weight excluding hydrogens is 682 g/mol. The second-order valence-corrected chi connectivity index (χ2v) is 14.7. The Kier molecular flexibility index (Phi) is 16.6. The summed E-state index contributed by atoms with van der Waals surface area (Å²) < 4.78 is 28.3. The number of unbranched alkanes of at least 4 members (excludes halogenated alkanes) is 2. The van der Waals surface area contributed by atoms with Crippen molar-refractivity contribution in [2.75, 3.05) is 53.6 Å². The van der Waals surface area contributed by atoms with Crippen LogP contribution in [0.2, 0.25) is 0 Å². The van der Waals surface area contributed by atoms with E-state index in [1.807, 2.05) is 39.0 Å². The van der Waals surface area contributed by atoms with Crippen LogP contribution in [0, 0.1) is 0 Å². The van der Waals surface area contributed by atoms with E-state index in [1.54, 1.807) is 25.3 Å². The summed E-state index contributed by atoms with van der Waals surface area (Å²) in [6.07, 6.45) is 14.8. The minimum Gasteiger partial charge on any atom is -0.496 e. The van der Waals surface area contributed by atoms with Crippen molar-refractivity contribution in [2.24, 2.45) is 0 Å². The molecule has 52 heavy (non-hydrogen) atoms. The van der Waals surface area contributed by atoms with Gasteiger partial charge in [0.1, 0.15) is 17.1 Å². The second kappa shape index (κ2) is 20.8. The summed E-state index contributed by atoms with van der Waals surface area (Å²) in [5, 5.41) is 4.26. The van der Waals surface area contributed by atoms with E-state index >= 15 is 0 Å². The maximum atomic E-state index is 12.1. The van der Waals surface area contributed by atoms with Gasteiger partial charge >= 0.3 is 6.09 Å². The minimum atomic E-state index is -0.467. The molecule has 0 aromatic carbocycles. The lowest BCUT2D eigenvalue weighted by molar-refractivity contribution is 0.0206. The van der Waals surface area contributed by atoms with Gasteiger partial charge in [-0.25, -0.2) is 14.8 Å². The number of likely N-dealkylation sites (tertiary alicyclic amines) is 1. The highest BCUT2D eigenvalue weighted by Crippen LogP contribution is 2.30. The molecule has 0 bridgehead atoms. The molecule has 5 heterocycles. The summed E-state index contributed by atoms with van der Waals surface area (Å²) in [6, 6.07) is 7.98. The fourth-order valence-electron chi connectivity index (χ4n) is 6.85. The first-order valence-corrected chi connectivity index (χ1v) is 19.0. The zero-order valence-electron chi connectivity index (χ0n) is 31.9. The number of carbonyl (C=O) groups excluding carboxylic acids is 1. The monoisotopic (exact) mass is 741 g/mol. The van der Waals surface area contributed by atoms with Crippen molar-refractivity contribution in [3.63, 3.8) is 0 Å². The molecule has 0 saturated carbocycles. The van der Waals surface area contributed by atoms with Crippen LogP contribution < -0.4 is 14.8 Å². The number of rotatable bonds is 14. The van der Waals surface area contributed by atoms with Crippen LogP contribution in [0.4, 0.5) is 4.79 Å². The third-order valence-electron chi connectivity index (χ3n) is 9.53. The molecule has 2 aliphatic heterocycles. The number of aromatic nitrogens is 3. The molecule has 1 N–H and O–H groups in total. The van der Waals surface area contributed by atoms with Crippen LogP contribution in [0.5, 0.6) is 11.5 Å². The topological polar surface area (TPSA) is 117 Å². The fourth-order valence-corrected chi connectivity index (χ4v) is 6.85. The van der Waals surface area contributed by atoms with E-state index in [-0.39, 0.29) is 24.6 Å². The van der Waals surface area contributed by atoms with Crippen LogP contribution in [0.3, 0.4) is 0 Å². The lowest BCUT2D eigenvalue weighted by Gasteiger charge is -2.24. The molecule has 288 valence electrons. The summed E-state index contributed by atoms with van der Waals surface area (Å²) in [5.41, 5.74) is 5.02. The van der Waals surface area contributed by atoms with E-state index in [0.717, 1.165) is 106 Å². The zero-order valence-corrected chi connectivity index (χ0v) is 32.7. The summed E-state index contributed by atoms with van der Waals surface area (Å²) >= 11 is 0. The molecule has 2 fully saturated rings. The van der Waals surface area contributed by atoms with Gasteiger partial charge in [0.2, 0.25) is 0 Å². The molecule has 3 aliphatic rings. The van der Waals surface area contributed by atoms with Gasteiger partial charge < -0.3 is 33.9 Å². The summed E-state index contributed by atoms with van der Waals surface area (Å²) in [6.45, 7) is 10.6. The van der Waals surface area contributed by atoms with Gasteiger partial charge in [0, 0.05) is 67.3 Å². The van der Waals surface area contributed by atoms with Crippen LogP contribution in [0.15, 0.2) is 30.5 Å². The molecule has 2 saturated heterocycles. The average molecular weight is 742 g/mol. The highest BCUT2D eigenvalue weighted by atomic mass is 35.5. The Balaban J connectivity index is 0.000000236. The Bertz CT molecular complexity index is 1530. The molecule has 3 aromatic heterocycles. The van der Waals surface area contributed by atoms with Crippen LogP contribution in [0.25, 0.3) is 11.0 Å². The summed E-state index contributed by atoms with van der Waals surface area (Å²) in [5.74, 6) is 1.86. The van der Waals surface area contributed by atoms with Gasteiger partial charge in [0.25, 0.3) is 0 Å². The Labute approximate surface area is 316 Å². The van der Waals surface area contributed by atoms with E-state index in [9.17, 15) is 4.79 Å². The Morgan fingerprint density at radius 2 is 1.60 bits per heavy atom. The van der Waals surface area contributed by atoms with Gasteiger partial charge in [-0.2, -0.15) is 0 Å². The van der Waals surface area contributed by atoms with Crippen molar-refractivity contribution >= 4 is 29.5 Å². The quantitative estimate of drug-likeness (QED) is 0.172. The number of methoxy groups -OCH3 is 2. The van der Waals surface area contributed by atoms with Crippen molar-refractivity contribution < 1.29 is 28.5 Å². The Hall–Kier alpha value is -3.25. The van der Waals surface area contributed by atoms with Crippen molar-refractivity contribution in [2.45, 2.75) is 116 Å². The van der Waals surface area contributed by atoms with Gasteiger partial charge in [-0.1, -0.05) is 0 Å². The number of nitrogens with one attached hydrogen (secondary N) is 1. The molecular formula is C40H60ClN5O6. The molecule has 3 aromatic rings. The number of carbonyl (C=O) groups is 1. The molecule has 0 spiro atoms. The first-order chi connectivity index (χ1) is 24.7. The molecule has 12 heteroatoms. The number of halogens is 1. The predicted molar refractivity (Wildman–Crippen MR) is 206 cm³/mol. The first-order valence-electron chi connectivity index (χ1n) is 19.0. The lowest BCUT2D eigenvalue weighted by atomic mass is 9.94. The smallest absolute Gasteiger partial charge is 0.410 e. The number of ether oxygens (including phenoxy) is 5. The van der Waals surface area contributed by atoms with Crippen molar-refractivity contribution in [3.8, 4) is 11.5 Å². The molecule has 0 radical (unpaired) electrons. The third kappa shape index (κ3) is 12.7. The fraction of sp³-hybridized carbons (Fsp3) is 0.650. The standard InChI is InChI=1S/C22H31N3O4.C18H28N2O2.ClH/c1-22(2,3)29-21(26)25-12-10-17(15-25)28-13-6-5-8-16-14-19(27-4)18-9-7-11-23-20(18)24-16;1-21-18-12-14(20-17-8-3-2-7-16(17)18)6-4-5-11-22-15-9-10-19-13-15;/h7,9,11,14,17H,5-6,8,10,12-13,15H2,1-4H3;12,15,19H,2-11,13H2,1H3;1H/t17-;15-;/m11./s1. The van der Waals surface area contributed by atoms with Gasteiger partial charge in [0.15, 0.2) is 5.65 Å². The van der Waals surface area contributed by atoms with E-state index in [0.29, 0.717) is 31.4 Å². The number of nitrogens with zero attached hydrogens (tertiary/aromatic N) is 4. The Morgan fingerprint density at radius 3 is 2.29 bits per heavy atom. The SMILES string of the molecule is COc1cc(CCCCO[C@@H]2CCN(C(=O)OC(C)(C)C)C2)nc2ncccc12.COc1cc(CCCCO[C@@H]2CCNC2)nc2c1CCCC2.Cl. The largest absolute Gasteiger partial charge is 0.496 e. The molecule has 1 aliphatic carbocycles. The molecule has 0 unspecified atom stereocenters. The van der Waals surface area contributed by atoms with Gasteiger partial charge in [0.05, 0.1) is 38.4 Å². The van der Waals surface area contributed by atoms with Crippen LogP contribution in [-0.2, 0) is 39.9 Å². The number of amides is 1. The number of fused-ring (bicyclic) bond motifs is 2. The molecule has 6 rings (SSSR count). The van der Waals surface area contributed by atoms with E-state index in [1.165, 1.54) is 29.8 Å². The average Bonchev–Trinajstić information content (AvgIpc) is 3.83. The maximum Gasteiger partial charge on any atom is 0.410 e. The summed E-state index contributed by atoms with van der Waals surface area (Å²) in [4.78, 5) is 27.7. The van der Waals surface area contributed by atoms with Crippen molar-refractivity contribution in [1.29, 1.82) is 0 Å². The second-order valence-electron chi connectivity index (χ2n) is 14.7. The summed E-state index contributed by atoms with van der Waals surface area (Å²) in [7, 11) is 3.44. The van der Waals surface area contributed by atoms with Crippen LogP contribution in [-0.4, -0.2) is 97.4 Å². The van der Waals surface area contributed by atoms with Gasteiger partial charge in [-0.15, -0.1) is 12.4 Å². The number of aryl methyl sites for hydroxylation is 3. The first kappa shape index (κ1) is 41.5. The maximum absolute atomic E-state index is 12.1. The van der Waals surface area contributed by atoms with Crippen molar-refractivity contribution in [3.05, 3.63) is 53.1 Å².